The minimum atomic E-state index is -1.61. The molecule has 0 radical (unpaired) electrons. The molecule has 3 nitrogen and oxygen atoms in total. The predicted octanol–water partition coefficient (Wildman–Crippen LogP) is 4.39. The van der Waals surface area contributed by atoms with E-state index in [9.17, 15) is 4.79 Å². The van der Waals surface area contributed by atoms with Crippen molar-refractivity contribution in [3.63, 3.8) is 0 Å². The van der Waals surface area contributed by atoms with Gasteiger partial charge in [-0.1, -0.05) is 68.7 Å². The topological polar surface area (TPSA) is 35.5 Å². The van der Waals surface area contributed by atoms with Crippen LogP contribution in [0.25, 0.3) is 0 Å². The van der Waals surface area contributed by atoms with Crippen LogP contribution in [0.4, 0.5) is 0 Å². The van der Waals surface area contributed by atoms with Crippen molar-refractivity contribution in [2.75, 3.05) is 6.61 Å². The predicted molar refractivity (Wildman–Crippen MR) is 93.9 cm³/mol. The molecule has 1 aromatic rings. The van der Waals surface area contributed by atoms with Crippen LogP contribution in [0.5, 0.6) is 0 Å². The molecular weight excluding hydrogens is 292 g/mol. The van der Waals surface area contributed by atoms with Crippen LogP contribution >= 0.6 is 0 Å². The average Bonchev–Trinajstić information content (AvgIpc) is 2.57. The van der Waals surface area contributed by atoms with Crippen LogP contribution in [0, 0.1) is 0 Å². The molecule has 0 fully saturated rings. The van der Waals surface area contributed by atoms with E-state index in [-0.39, 0.29) is 0 Å². The van der Waals surface area contributed by atoms with Gasteiger partial charge in [-0.15, -0.1) is 6.58 Å². The molecule has 0 aliphatic heterocycles. The highest BCUT2D eigenvalue weighted by Gasteiger charge is 2.27. The zero-order valence-corrected chi connectivity index (χ0v) is 15.1. The molecule has 0 aliphatic carbocycles. The molecule has 122 valence electrons. The maximum absolute atomic E-state index is 11.9. The van der Waals surface area contributed by atoms with Crippen molar-refractivity contribution in [2.24, 2.45) is 0 Å². The van der Waals surface area contributed by atoms with Gasteiger partial charge in [0.2, 0.25) is 0 Å². The third kappa shape index (κ3) is 4.82. The van der Waals surface area contributed by atoms with Crippen molar-refractivity contribution in [1.82, 2.24) is 0 Å². The number of hydrogen-bond donors (Lipinski definition) is 0. The summed E-state index contributed by atoms with van der Waals surface area (Å²) in [5, 5.41) is 1.31. The van der Waals surface area contributed by atoms with Crippen molar-refractivity contribution < 1.29 is 14.6 Å². The van der Waals surface area contributed by atoms with E-state index in [1.807, 2.05) is 24.3 Å². The van der Waals surface area contributed by atoms with Crippen LogP contribution in [0.1, 0.15) is 50.4 Å². The molecule has 1 aromatic carbocycles. The lowest BCUT2D eigenvalue weighted by Crippen LogP contribution is -2.44. The lowest BCUT2D eigenvalue weighted by Gasteiger charge is -2.25. The number of carbonyl (C=O) groups is 1. The SMILES string of the molecule is C=C[Si](CC)(CC)c1ccc(C(=O)OOCCCCC)cc1. The van der Waals surface area contributed by atoms with Gasteiger partial charge in [0.25, 0.3) is 0 Å². The third-order valence-electron chi connectivity index (χ3n) is 4.31. The number of unbranched alkanes of at least 4 members (excludes halogenated alkanes) is 2. The van der Waals surface area contributed by atoms with Crippen molar-refractivity contribution >= 4 is 19.2 Å². The van der Waals surface area contributed by atoms with Gasteiger partial charge in [0.1, 0.15) is 8.07 Å². The molecule has 4 heteroatoms. The molecule has 0 atom stereocenters. The molecule has 0 spiro atoms. The van der Waals surface area contributed by atoms with Gasteiger partial charge in [-0.2, -0.15) is 4.89 Å². The maximum atomic E-state index is 11.9. The highest BCUT2D eigenvalue weighted by molar-refractivity contribution is 6.95. The highest BCUT2D eigenvalue weighted by Crippen LogP contribution is 2.17. The molecule has 0 saturated carbocycles. The first-order valence-electron chi connectivity index (χ1n) is 8.21. The van der Waals surface area contributed by atoms with Crippen LogP contribution in [0.3, 0.4) is 0 Å². The molecule has 0 bridgehead atoms. The molecule has 0 unspecified atom stereocenters. The summed E-state index contributed by atoms with van der Waals surface area (Å²) in [5.74, 6) is -0.429. The van der Waals surface area contributed by atoms with Gasteiger partial charge in [0.05, 0.1) is 12.2 Å². The fourth-order valence-electron chi connectivity index (χ4n) is 2.56. The Labute approximate surface area is 135 Å². The smallest absolute Gasteiger partial charge is 0.293 e. The summed E-state index contributed by atoms with van der Waals surface area (Å²) < 4.78 is 0. The van der Waals surface area contributed by atoms with Gasteiger partial charge < -0.3 is 0 Å². The summed E-state index contributed by atoms with van der Waals surface area (Å²) in [6, 6.07) is 9.96. The minimum Gasteiger partial charge on any atom is -0.293 e. The van der Waals surface area contributed by atoms with Crippen molar-refractivity contribution in [2.45, 2.75) is 52.1 Å². The fraction of sp³-hybridized carbons (Fsp3) is 0.500. The molecule has 22 heavy (non-hydrogen) atoms. The molecular formula is C18H28O3Si. The molecule has 0 N–H and O–H groups in total. The Bertz CT molecular complexity index is 464. The molecule has 0 aliphatic rings. The fourth-order valence-corrected chi connectivity index (χ4v) is 5.52. The monoisotopic (exact) mass is 320 g/mol. The van der Waals surface area contributed by atoms with Crippen LogP contribution in [0.15, 0.2) is 36.5 Å². The van der Waals surface area contributed by atoms with Gasteiger partial charge in [-0.05, 0) is 18.6 Å². The molecule has 0 amide bonds. The van der Waals surface area contributed by atoms with E-state index in [2.05, 4.69) is 33.0 Å². The second-order valence-corrected chi connectivity index (χ2v) is 10.3. The summed E-state index contributed by atoms with van der Waals surface area (Å²) in [7, 11) is -1.61. The number of hydrogen-bond acceptors (Lipinski definition) is 3. The highest BCUT2D eigenvalue weighted by atomic mass is 28.3. The van der Waals surface area contributed by atoms with Gasteiger partial charge >= 0.3 is 5.97 Å². The number of rotatable bonds is 10. The zero-order chi connectivity index (χ0) is 16.4. The normalized spacial score (nSPS) is 11.2. The van der Waals surface area contributed by atoms with E-state index in [1.165, 1.54) is 5.19 Å². The third-order valence-corrected chi connectivity index (χ3v) is 9.10. The lowest BCUT2D eigenvalue weighted by molar-refractivity contribution is -0.241. The van der Waals surface area contributed by atoms with Crippen LogP contribution in [-0.4, -0.2) is 20.7 Å². The molecule has 0 aromatic heterocycles. The van der Waals surface area contributed by atoms with Gasteiger partial charge in [0.15, 0.2) is 0 Å². The first kappa shape index (κ1) is 18.7. The molecule has 0 heterocycles. The second kappa shape index (κ2) is 9.59. The quantitative estimate of drug-likeness (QED) is 0.278. The molecule has 1 rings (SSSR count). The lowest BCUT2D eigenvalue weighted by atomic mass is 10.2. The Morgan fingerprint density at radius 2 is 1.77 bits per heavy atom. The second-order valence-electron chi connectivity index (χ2n) is 5.54. The standard InChI is InChI=1S/C18H28O3Si/c1-5-9-10-15-20-21-18(19)16-11-13-17(14-12-16)22(6-2,7-3)8-4/h6,11-14H,2,5,7-10,15H2,1,3-4H3. The van der Waals surface area contributed by atoms with Gasteiger partial charge in [-0.3, -0.25) is 4.89 Å². The summed E-state index contributed by atoms with van der Waals surface area (Å²) in [6.07, 6.45) is 3.10. The van der Waals surface area contributed by atoms with Gasteiger partial charge in [-0.25, -0.2) is 4.79 Å². The first-order chi connectivity index (χ1) is 10.6. The molecule has 0 saturated heterocycles. The van der Waals surface area contributed by atoms with E-state index in [0.717, 1.165) is 31.4 Å². The Morgan fingerprint density at radius 3 is 2.27 bits per heavy atom. The minimum absolute atomic E-state index is 0.429. The Hall–Kier alpha value is -1.39. The Balaban J connectivity index is 2.64. The van der Waals surface area contributed by atoms with E-state index in [1.54, 1.807) is 0 Å². The van der Waals surface area contributed by atoms with E-state index >= 15 is 0 Å². The zero-order valence-electron chi connectivity index (χ0n) is 14.1. The summed E-state index contributed by atoms with van der Waals surface area (Å²) in [6.45, 7) is 11.0. The number of benzene rings is 1. The van der Waals surface area contributed by atoms with Crippen molar-refractivity contribution in [3.05, 3.63) is 42.1 Å². The first-order valence-corrected chi connectivity index (χ1v) is 10.7. The van der Waals surface area contributed by atoms with E-state index in [4.69, 9.17) is 9.78 Å². The Kier molecular flexibility index (Phi) is 8.13. The van der Waals surface area contributed by atoms with Crippen LogP contribution in [0.2, 0.25) is 12.1 Å². The van der Waals surface area contributed by atoms with Crippen LogP contribution in [-0.2, 0) is 9.78 Å². The maximum Gasteiger partial charge on any atom is 0.373 e. The summed E-state index contributed by atoms with van der Waals surface area (Å²) >= 11 is 0. The van der Waals surface area contributed by atoms with E-state index in [0.29, 0.717) is 12.2 Å². The van der Waals surface area contributed by atoms with E-state index < -0.39 is 14.0 Å². The van der Waals surface area contributed by atoms with Crippen molar-refractivity contribution in [1.29, 1.82) is 0 Å². The van der Waals surface area contributed by atoms with Gasteiger partial charge in [0, 0.05) is 0 Å². The number of carbonyl (C=O) groups excluding carboxylic acids is 1. The van der Waals surface area contributed by atoms with Crippen molar-refractivity contribution in [3.8, 4) is 0 Å². The average molecular weight is 321 g/mol. The Morgan fingerprint density at radius 1 is 1.14 bits per heavy atom. The largest absolute Gasteiger partial charge is 0.373 e. The summed E-state index contributed by atoms with van der Waals surface area (Å²) in [5.41, 5.74) is 2.66. The van der Waals surface area contributed by atoms with Crippen LogP contribution < -0.4 is 5.19 Å². The summed E-state index contributed by atoms with van der Waals surface area (Å²) in [4.78, 5) is 21.7.